The van der Waals surface area contributed by atoms with Gasteiger partial charge in [-0.25, -0.2) is 8.42 Å². The molecule has 1 aromatic carbocycles. The SMILES string of the molecule is CSCCCCNC1CCS(=O)(=O)c2ccccc21. The Labute approximate surface area is 120 Å². The normalized spacial score (nSPS) is 21.0. The second-order valence-electron chi connectivity index (χ2n) is 4.85. The van der Waals surface area contributed by atoms with Crippen LogP contribution in [0.25, 0.3) is 0 Å². The van der Waals surface area contributed by atoms with E-state index in [0.29, 0.717) is 11.3 Å². The summed E-state index contributed by atoms with van der Waals surface area (Å²) >= 11 is 1.87. The number of fused-ring (bicyclic) bond motifs is 1. The molecule has 0 bridgehead atoms. The standard InChI is InChI=1S/C14H21NO2S2/c1-18-10-5-4-9-15-13-8-11-19(16,17)14-7-3-2-6-12(13)14/h2-3,6-7,13,15H,4-5,8-11H2,1H3. The van der Waals surface area contributed by atoms with Gasteiger partial charge in [0.2, 0.25) is 0 Å². The van der Waals surface area contributed by atoms with E-state index in [1.54, 1.807) is 12.1 Å². The first-order chi connectivity index (χ1) is 9.15. The minimum Gasteiger partial charge on any atom is -0.310 e. The highest BCUT2D eigenvalue weighted by atomic mass is 32.2. The molecule has 0 radical (unpaired) electrons. The fourth-order valence-electron chi connectivity index (χ4n) is 2.45. The van der Waals surface area contributed by atoms with Crippen molar-refractivity contribution in [3.05, 3.63) is 29.8 Å². The van der Waals surface area contributed by atoms with Crippen molar-refractivity contribution in [1.29, 1.82) is 0 Å². The molecule has 106 valence electrons. The summed E-state index contributed by atoms with van der Waals surface area (Å²) in [5.41, 5.74) is 0.943. The van der Waals surface area contributed by atoms with E-state index < -0.39 is 9.84 Å². The molecule has 0 spiro atoms. The van der Waals surface area contributed by atoms with Gasteiger partial charge >= 0.3 is 0 Å². The number of hydrogen-bond acceptors (Lipinski definition) is 4. The Bertz CT molecular complexity index is 514. The van der Waals surface area contributed by atoms with E-state index in [9.17, 15) is 8.42 Å². The Morgan fingerprint density at radius 2 is 2.11 bits per heavy atom. The van der Waals surface area contributed by atoms with Crippen LogP contribution in [0, 0.1) is 0 Å². The van der Waals surface area contributed by atoms with E-state index in [2.05, 4.69) is 11.6 Å². The molecule has 3 nitrogen and oxygen atoms in total. The summed E-state index contributed by atoms with van der Waals surface area (Å²) in [5, 5.41) is 3.50. The van der Waals surface area contributed by atoms with E-state index in [4.69, 9.17) is 0 Å². The largest absolute Gasteiger partial charge is 0.310 e. The van der Waals surface area contributed by atoms with Gasteiger partial charge in [-0.2, -0.15) is 11.8 Å². The van der Waals surface area contributed by atoms with Crippen LogP contribution in [0.5, 0.6) is 0 Å². The number of unbranched alkanes of at least 4 members (excludes halogenated alkanes) is 1. The summed E-state index contributed by atoms with van der Waals surface area (Å²) in [6, 6.07) is 7.57. The number of sulfone groups is 1. The van der Waals surface area contributed by atoms with E-state index in [-0.39, 0.29) is 11.8 Å². The summed E-state index contributed by atoms with van der Waals surface area (Å²) < 4.78 is 24.0. The molecule has 1 unspecified atom stereocenters. The van der Waals surface area contributed by atoms with E-state index in [1.807, 2.05) is 23.9 Å². The molecule has 2 rings (SSSR count). The van der Waals surface area contributed by atoms with Gasteiger partial charge in [0.1, 0.15) is 0 Å². The third-order valence-corrected chi connectivity index (χ3v) is 5.98. The molecule has 5 heteroatoms. The van der Waals surface area contributed by atoms with Gasteiger partial charge in [0.25, 0.3) is 0 Å². The topological polar surface area (TPSA) is 46.2 Å². The molecule has 0 aliphatic carbocycles. The minimum atomic E-state index is -3.06. The fourth-order valence-corrected chi connectivity index (χ4v) is 4.56. The van der Waals surface area contributed by atoms with Gasteiger partial charge in [0, 0.05) is 6.04 Å². The Balaban J connectivity index is 2.00. The van der Waals surface area contributed by atoms with Crippen LogP contribution in [0.3, 0.4) is 0 Å². The smallest absolute Gasteiger partial charge is 0.178 e. The van der Waals surface area contributed by atoms with Gasteiger partial charge in [-0.1, -0.05) is 18.2 Å². The van der Waals surface area contributed by atoms with E-state index >= 15 is 0 Å². The first-order valence-electron chi connectivity index (χ1n) is 6.69. The summed E-state index contributed by atoms with van der Waals surface area (Å²) in [4.78, 5) is 0.517. The maximum atomic E-state index is 12.0. The third-order valence-electron chi connectivity index (χ3n) is 3.47. The van der Waals surface area contributed by atoms with Crippen molar-refractivity contribution in [2.24, 2.45) is 0 Å². The maximum absolute atomic E-state index is 12.0. The van der Waals surface area contributed by atoms with E-state index in [0.717, 1.165) is 18.5 Å². The molecule has 0 amide bonds. The first-order valence-corrected chi connectivity index (χ1v) is 9.74. The number of rotatable bonds is 6. The molecule has 0 fully saturated rings. The van der Waals surface area contributed by atoms with Crippen LogP contribution in [0.2, 0.25) is 0 Å². The lowest BCUT2D eigenvalue weighted by molar-refractivity contribution is 0.485. The lowest BCUT2D eigenvalue weighted by Crippen LogP contribution is -2.30. The molecular formula is C14H21NO2S2. The van der Waals surface area contributed by atoms with Crippen LogP contribution in [-0.2, 0) is 9.84 Å². The summed E-state index contributed by atoms with van der Waals surface area (Å²) in [7, 11) is -3.06. The summed E-state index contributed by atoms with van der Waals surface area (Å²) in [6.45, 7) is 0.958. The molecule has 1 heterocycles. The van der Waals surface area contributed by atoms with Crippen molar-refractivity contribution in [1.82, 2.24) is 5.32 Å². The van der Waals surface area contributed by atoms with Crippen molar-refractivity contribution in [3.8, 4) is 0 Å². The molecule has 0 saturated carbocycles. The average Bonchev–Trinajstić information content (AvgIpc) is 2.41. The number of thioether (sulfide) groups is 1. The van der Waals surface area contributed by atoms with Crippen molar-refractivity contribution < 1.29 is 8.42 Å². The Hall–Kier alpha value is -0.520. The van der Waals surface area contributed by atoms with Crippen LogP contribution in [0.1, 0.15) is 30.9 Å². The Morgan fingerprint density at radius 3 is 2.89 bits per heavy atom. The Morgan fingerprint density at radius 1 is 1.32 bits per heavy atom. The predicted octanol–water partition coefficient (Wildman–Crippen LogP) is 2.64. The van der Waals surface area contributed by atoms with Crippen LogP contribution >= 0.6 is 11.8 Å². The zero-order valence-electron chi connectivity index (χ0n) is 11.3. The molecule has 1 atom stereocenters. The highest BCUT2D eigenvalue weighted by Gasteiger charge is 2.29. The second kappa shape index (κ2) is 6.77. The fraction of sp³-hybridized carbons (Fsp3) is 0.571. The molecule has 1 aliphatic heterocycles. The lowest BCUT2D eigenvalue weighted by atomic mass is 10.0. The zero-order chi connectivity index (χ0) is 13.7. The van der Waals surface area contributed by atoms with Gasteiger partial charge in [-0.05, 0) is 49.4 Å². The van der Waals surface area contributed by atoms with Crippen LogP contribution in [0.4, 0.5) is 0 Å². The average molecular weight is 299 g/mol. The van der Waals surface area contributed by atoms with Crippen LogP contribution < -0.4 is 5.32 Å². The monoisotopic (exact) mass is 299 g/mol. The third kappa shape index (κ3) is 3.74. The zero-order valence-corrected chi connectivity index (χ0v) is 12.9. The molecule has 1 aromatic rings. The van der Waals surface area contributed by atoms with Crippen LogP contribution in [-0.4, -0.2) is 32.7 Å². The van der Waals surface area contributed by atoms with Crippen molar-refractivity contribution in [3.63, 3.8) is 0 Å². The number of hydrogen-bond donors (Lipinski definition) is 1. The number of benzene rings is 1. The van der Waals surface area contributed by atoms with Crippen molar-refractivity contribution >= 4 is 21.6 Å². The molecule has 0 saturated heterocycles. The van der Waals surface area contributed by atoms with E-state index in [1.165, 1.54) is 12.2 Å². The van der Waals surface area contributed by atoms with Gasteiger partial charge in [-0.3, -0.25) is 0 Å². The second-order valence-corrected chi connectivity index (χ2v) is 7.92. The highest BCUT2D eigenvalue weighted by Crippen LogP contribution is 2.31. The van der Waals surface area contributed by atoms with Crippen molar-refractivity contribution in [2.45, 2.75) is 30.2 Å². The Kier molecular flexibility index (Phi) is 5.30. The molecule has 1 aliphatic rings. The molecular weight excluding hydrogens is 278 g/mol. The summed E-state index contributed by atoms with van der Waals surface area (Å²) in [6.07, 6.45) is 5.16. The predicted molar refractivity (Wildman–Crippen MR) is 81.5 cm³/mol. The number of nitrogens with one attached hydrogen (secondary N) is 1. The van der Waals surface area contributed by atoms with Gasteiger partial charge < -0.3 is 5.32 Å². The molecule has 19 heavy (non-hydrogen) atoms. The highest BCUT2D eigenvalue weighted by molar-refractivity contribution is 7.98. The lowest BCUT2D eigenvalue weighted by Gasteiger charge is -2.26. The van der Waals surface area contributed by atoms with Gasteiger partial charge in [-0.15, -0.1) is 0 Å². The van der Waals surface area contributed by atoms with Crippen LogP contribution in [0.15, 0.2) is 29.2 Å². The maximum Gasteiger partial charge on any atom is 0.178 e. The first kappa shape index (κ1) is 14.9. The minimum absolute atomic E-state index is 0.189. The molecule has 0 aromatic heterocycles. The quantitative estimate of drug-likeness (QED) is 0.820. The molecule has 1 N–H and O–H groups in total. The van der Waals surface area contributed by atoms with Gasteiger partial charge in [0.05, 0.1) is 10.6 Å². The van der Waals surface area contributed by atoms with Crippen molar-refractivity contribution in [2.75, 3.05) is 24.3 Å². The van der Waals surface area contributed by atoms with Gasteiger partial charge in [0.15, 0.2) is 9.84 Å². The summed E-state index contributed by atoms with van der Waals surface area (Å²) in [5.74, 6) is 1.45.